The fourth-order valence-electron chi connectivity index (χ4n) is 0.757. The molecule has 0 saturated carbocycles. The lowest BCUT2D eigenvalue weighted by Gasteiger charge is -2.15. The van der Waals surface area contributed by atoms with Crippen LogP contribution >= 0.6 is 0 Å². The van der Waals surface area contributed by atoms with Gasteiger partial charge < -0.3 is 14.2 Å². The highest BCUT2D eigenvalue weighted by Crippen LogP contribution is 2.05. The molecule has 0 bridgehead atoms. The van der Waals surface area contributed by atoms with Crippen LogP contribution in [0.3, 0.4) is 0 Å². The molecule has 0 aromatic rings. The zero-order valence-corrected chi connectivity index (χ0v) is 8.12. The van der Waals surface area contributed by atoms with E-state index in [2.05, 4.69) is 11.3 Å². The van der Waals surface area contributed by atoms with Crippen molar-refractivity contribution in [3.63, 3.8) is 0 Å². The van der Waals surface area contributed by atoms with Crippen molar-refractivity contribution in [3.05, 3.63) is 12.8 Å². The molecule has 0 saturated heterocycles. The molecule has 0 aromatic carbocycles. The molecule has 4 nitrogen and oxygen atoms in total. The van der Waals surface area contributed by atoms with Crippen LogP contribution in [0.15, 0.2) is 12.8 Å². The van der Waals surface area contributed by atoms with Crippen LogP contribution in [0.25, 0.3) is 0 Å². The number of hydrogen-bond acceptors (Lipinski definition) is 4. The molecule has 4 heteroatoms. The third kappa shape index (κ3) is 6.02. The van der Waals surface area contributed by atoms with Crippen LogP contribution in [0.1, 0.15) is 26.7 Å². The zero-order chi connectivity index (χ0) is 10.1. The Labute approximate surface area is 78.5 Å². The van der Waals surface area contributed by atoms with Crippen LogP contribution < -0.4 is 0 Å². The average Bonchev–Trinajstić information content (AvgIpc) is 2.05. The van der Waals surface area contributed by atoms with E-state index in [-0.39, 0.29) is 0 Å². The van der Waals surface area contributed by atoms with Crippen LogP contribution in [0.4, 0.5) is 4.79 Å². The van der Waals surface area contributed by atoms with Gasteiger partial charge in [0, 0.05) is 6.42 Å². The molecule has 1 atom stereocenters. The van der Waals surface area contributed by atoms with Gasteiger partial charge in [-0.25, -0.2) is 4.79 Å². The van der Waals surface area contributed by atoms with Gasteiger partial charge in [0.25, 0.3) is 0 Å². The highest BCUT2D eigenvalue weighted by Gasteiger charge is 2.13. The predicted molar refractivity (Wildman–Crippen MR) is 48.1 cm³/mol. The lowest BCUT2D eigenvalue weighted by Crippen LogP contribution is -2.20. The first-order valence-electron chi connectivity index (χ1n) is 4.34. The van der Waals surface area contributed by atoms with Crippen molar-refractivity contribution in [1.29, 1.82) is 0 Å². The van der Waals surface area contributed by atoms with E-state index in [4.69, 9.17) is 9.47 Å². The Bertz CT molecular complexity index is 156. The largest absolute Gasteiger partial charge is 0.511 e. The second kappa shape index (κ2) is 7.46. The van der Waals surface area contributed by atoms with E-state index < -0.39 is 12.4 Å². The van der Waals surface area contributed by atoms with Crippen molar-refractivity contribution >= 4 is 6.16 Å². The van der Waals surface area contributed by atoms with Crippen molar-refractivity contribution in [2.24, 2.45) is 0 Å². The van der Waals surface area contributed by atoms with Crippen LogP contribution in [0.2, 0.25) is 0 Å². The third-order valence-corrected chi connectivity index (χ3v) is 1.26. The van der Waals surface area contributed by atoms with Gasteiger partial charge in [0.05, 0.1) is 12.9 Å². The number of ether oxygens (including phenoxy) is 3. The Balaban J connectivity index is 3.78. The quantitative estimate of drug-likeness (QED) is 0.365. The van der Waals surface area contributed by atoms with E-state index in [1.54, 1.807) is 6.92 Å². The first kappa shape index (κ1) is 11.8. The Morgan fingerprint density at radius 1 is 1.54 bits per heavy atom. The number of hydrogen-bond donors (Lipinski definition) is 0. The summed E-state index contributed by atoms with van der Waals surface area (Å²) in [7, 11) is 0. The molecular weight excluding hydrogens is 172 g/mol. The maximum Gasteiger partial charge on any atom is 0.511 e. The second-order valence-electron chi connectivity index (χ2n) is 2.32. The highest BCUT2D eigenvalue weighted by molar-refractivity contribution is 5.59. The van der Waals surface area contributed by atoms with Crippen molar-refractivity contribution in [2.45, 2.75) is 33.0 Å². The lowest BCUT2D eigenvalue weighted by atomic mass is 10.3. The van der Waals surface area contributed by atoms with E-state index >= 15 is 0 Å². The molecule has 1 unspecified atom stereocenters. The Kier molecular flexibility index (Phi) is 6.78. The van der Waals surface area contributed by atoms with E-state index in [0.717, 1.165) is 6.42 Å². The van der Waals surface area contributed by atoms with Gasteiger partial charge in [-0.15, -0.1) is 0 Å². The van der Waals surface area contributed by atoms with Gasteiger partial charge in [0.2, 0.25) is 6.29 Å². The van der Waals surface area contributed by atoms with Crippen molar-refractivity contribution in [3.8, 4) is 0 Å². The zero-order valence-electron chi connectivity index (χ0n) is 8.12. The topological polar surface area (TPSA) is 44.8 Å². The second-order valence-corrected chi connectivity index (χ2v) is 2.32. The molecule has 0 aliphatic heterocycles. The Hall–Kier alpha value is -1.19. The summed E-state index contributed by atoms with van der Waals surface area (Å²) in [5.41, 5.74) is 0. The molecule has 13 heavy (non-hydrogen) atoms. The first-order chi connectivity index (χ1) is 6.24. The SMILES string of the molecule is C=COC(CCC)OC(=O)OCC. The molecule has 0 amide bonds. The summed E-state index contributed by atoms with van der Waals surface area (Å²) in [5, 5.41) is 0. The fraction of sp³-hybridized carbons (Fsp3) is 0.667. The molecule has 0 N–H and O–H groups in total. The normalized spacial score (nSPS) is 11.5. The summed E-state index contributed by atoms with van der Waals surface area (Å²) >= 11 is 0. The van der Waals surface area contributed by atoms with Gasteiger partial charge in [0.1, 0.15) is 0 Å². The summed E-state index contributed by atoms with van der Waals surface area (Å²) < 4.78 is 14.3. The molecule has 0 aliphatic carbocycles. The minimum Gasteiger partial charge on any atom is -0.463 e. The van der Waals surface area contributed by atoms with E-state index in [9.17, 15) is 4.79 Å². The minimum atomic E-state index is -0.706. The van der Waals surface area contributed by atoms with Crippen molar-refractivity contribution in [1.82, 2.24) is 0 Å². The van der Waals surface area contributed by atoms with Gasteiger partial charge >= 0.3 is 6.16 Å². The predicted octanol–water partition coefficient (Wildman–Crippen LogP) is 2.45. The maximum absolute atomic E-state index is 10.8. The summed E-state index contributed by atoms with van der Waals surface area (Å²) in [6.07, 6.45) is 1.45. The Morgan fingerprint density at radius 2 is 2.23 bits per heavy atom. The average molecular weight is 188 g/mol. The summed E-state index contributed by atoms with van der Waals surface area (Å²) in [4.78, 5) is 10.8. The summed E-state index contributed by atoms with van der Waals surface area (Å²) in [6.45, 7) is 7.36. The maximum atomic E-state index is 10.8. The first-order valence-corrected chi connectivity index (χ1v) is 4.34. The lowest BCUT2D eigenvalue weighted by molar-refractivity contribution is -0.0897. The Morgan fingerprint density at radius 3 is 2.69 bits per heavy atom. The summed E-state index contributed by atoms with van der Waals surface area (Å²) in [5.74, 6) is 0. The fourth-order valence-corrected chi connectivity index (χ4v) is 0.757. The van der Waals surface area contributed by atoms with Gasteiger partial charge in [0.15, 0.2) is 0 Å². The highest BCUT2D eigenvalue weighted by atomic mass is 16.8. The molecule has 0 radical (unpaired) electrons. The molecular formula is C9H16O4. The third-order valence-electron chi connectivity index (χ3n) is 1.26. The molecule has 0 spiro atoms. The van der Waals surface area contributed by atoms with E-state index in [0.29, 0.717) is 13.0 Å². The van der Waals surface area contributed by atoms with Crippen LogP contribution in [0, 0.1) is 0 Å². The molecule has 0 heterocycles. The smallest absolute Gasteiger partial charge is 0.463 e. The summed E-state index contributed by atoms with van der Waals surface area (Å²) in [6, 6.07) is 0. The monoisotopic (exact) mass is 188 g/mol. The van der Waals surface area contributed by atoms with Gasteiger partial charge in [-0.1, -0.05) is 13.5 Å². The van der Waals surface area contributed by atoms with Crippen molar-refractivity contribution < 1.29 is 19.0 Å². The minimum absolute atomic E-state index is 0.297. The van der Waals surface area contributed by atoms with Crippen molar-refractivity contribution in [2.75, 3.05) is 6.61 Å². The van der Waals surface area contributed by atoms with Gasteiger partial charge in [-0.2, -0.15) is 0 Å². The van der Waals surface area contributed by atoms with Gasteiger partial charge in [-0.05, 0) is 13.3 Å². The van der Waals surface area contributed by atoms with Crippen LogP contribution in [0.5, 0.6) is 0 Å². The molecule has 0 fully saturated rings. The van der Waals surface area contributed by atoms with Crippen LogP contribution in [-0.4, -0.2) is 19.1 Å². The molecule has 0 aliphatic rings. The number of rotatable bonds is 6. The number of carbonyl (C=O) groups excluding carboxylic acids is 1. The molecule has 0 aromatic heterocycles. The van der Waals surface area contributed by atoms with E-state index in [1.807, 2.05) is 6.92 Å². The molecule has 76 valence electrons. The standard InChI is InChI=1S/C9H16O4/c1-4-7-8(11-5-2)13-9(10)12-6-3/h5,8H,2,4,6-7H2,1,3H3. The van der Waals surface area contributed by atoms with E-state index in [1.165, 1.54) is 6.26 Å². The van der Waals surface area contributed by atoms with Gasteiger partial charge in [-0.3, -0.25) is 0 Å². The van der Waals surface area contributed by atoms with Crippen LogP contribution in [-0.2, 0) is 14.2 Å². The number of carbonyl (C=O) groups is 1. The molecule has 0 rings (SSSR count).